The van der Waals surface area contributed by atoms with Gasteiger partial charge >= 0.3 is 36.6 Å². The Hall–Kier alpha value is -5.39. The van der Waals surface area contributed by atoms with Crippen molar-refractivity contribution >= 4 is 42.5 Å². The first-order valence-electron chi connectivity index (χ1n) is 30.8. The highest BCUT2D eigenvalue weighted by Gasteiger charge is 2.57. The molecule has 32 heteroatoms. The molecule has 7 amide bonds. The largest absolute Gasteiger partial charge is 0.444 e. The van der Waals surface area contributed by atoms with Crippen molar-refractivity contribution in [1.29, 1.82) is 0 Å². The molecule has 3 heterocycles. The van der Waals surface area contributed by atoms with Crippen LogP contribution in [0.3, 0.4) is 0 Å². The van der Waals surface area contributed by atoms with Crippen LogP contribution >= 0.6 is 0 Å². The zero-order valence-electron chi connectivity index (χ0n) is 56.1. The predicted molar refractivity (Wildman–Crippen MR) is 320 cm³/mol. The van der Waals surface area contributed by atoms with E-state index < -0.39 is 218 Å². The molecule has 0 radical (unpaired) electrons. The summed E-state index contributed by atoms with van der Waals surface area (Å²) >= 11 is 0. The molecule has 91 heavy (non-hydrogen) atoms. The number of unbranched alkanes of at least 4 members (excludes halogenated alkanes) is 2. The Morgan fingerprint density at radius 3 is 1.11 bits per heavy atom. The summed E-state index contributed by atoms with van der Waals surface area (Å²) in [7, 11) is 0. The van der Waals surface area contributed by atoms with Gasteiger partial charge in [0.15, 0.2) is 18.9 Å². The van der Waals surface area contributed by atoms with Crippen LogP contribution in [0.25, 0.3) is 0 Å². The number of rotatable bonds is 20. The Balaban J connectivity index is 1.93. The molecule has 0 bridgehead atoms. The third kappa shape index (κ3) is 26.1. The van der Waals surface area contributed by atoms with Gasteiger partial charge in [-0.1, -0.05) is 19.8 Å². The van der Waals surface area contributed by atoms with Crippen LogP contribution in [0, 0.1) is 0 Å². The molecule has 4 aliphatic rings. The topological polar surface area (TPSA) is 436 Å². The molecule has 4 rings (SSSR count). The molecule has 4 fully saturated rings. The third-order valence-corrected chi connectivity index (χ3v) is 13.5. The lowest BCUT2D eigenvalue weighted by Crippen LogP contribution is -2.70. The van der Waals surface area contributed by atoms with Crippen molar-refractivity contribution in [2.75, 3.05) is 19.6 Å². The van der Waals surface area contributed by atoms with Crippen molar-refractivity contribution in [1.82, 2.24) is 37.2 Å². The lowest BCUT2D eigenvalue weighted by molar-refractivity contribution is -0.311. The zero-order valence-corrected chi connectivity index (χ0v) is 56.1. The van der Waals surface area contributed by atoms with E-state index in [2.05, 4.69) is 37.2 Å². The summed E-state index contributed by atoms with van der Waals surface area (Å²) in [5.74, 6) is -0.447. The molecule has 13 N–H and O–H groups in total. The maximum atomic E-state index is 14.0. The van der Waals surface area contributed by atoms with E-state index in [1.54, 1.807) is 125 Å². The van der Waals surface area contributed by atoms with Crippen molar-refractivity contribution in [3.05, 3.63) is 0 Å². The van der Waals surface area contributed by atoms with Crippen LogP contribution in [0.15, 0.2) is 0 Å². The van der Waals surface area contributed by atoms with E-state index in [1.807, 2.05) is 6.92 Å². The van der Waals surface area contributed by atoms with Crippen molar-refractivity contribution in [3.8, 4) is 0 Å². The summed E-state index contributed by atoms with van der Waals surface area (Å²) in [5.41, 5.74) is -6.35. The Kier molecular flexibility index (Phi) is 27.6. The van der Waals surface area contributed by atoms with E-state index in [-0.39, 0.29) is 6.42 Å². The quantitative estimate of drug-likeness (QED) is 0.0614. The number of hydrogen-bond donors (Lipinski definition) is 13. The number of ether oxygens (including phenoxy) is 12. The number of amides is 7. The van der Waals surface area contributed by atoms with E-state index in [9.17, 15) is 64.2 Å². The first kappa shape index (κ1) is 78.1. The lowest BCUT2D eigenvalue weighted by atomic mass is 9.83. The second kappa shape index (κ2) is 32.2. The fourth-order valence-corrected chi connectivity index (χ4v) is 9.81. The van der Waals surface area contributed by atoms with E-state index in [0.29, 0.717) is 12.8 Å². The second-order valence-electron chi connectivity index (χ2n) is 29.0. The average molecular weight is 1310 g/mol. The highest BCUT2D eigenvalue weighted by atomic mass is 16.8. The molecule has 0 spiro atoms. The molecule has 1 aliphatic carbocycles. The van der Waals surface area contributed by atoms with Gasteiger partial charge in [0.1, 0.15) is 119 Å². The predicted octanol–water partition coefficient (Wildman–Crippen LogP) is 2.20. The zero-order chi connectivity index (χ0) is 69.1. The number of aliphatic hydroxyl groups is 6. The van der Waals surface area contributed by atoms with Gasteiger partial charge in [-0.2, -0.15) is 0 Å². The number of carbonyl (C=O) groups is 7. The average Bonchev–Trinajstić information content (AvgIpc) is 1.74. The monoisotopic (exact) mass is 1310 g/mol. The van der Waals surface area contributed by atoms with Gasteiger partial charge in [-0.25, -0.2) is 28.8 Å². The van der Waals surface area contributed by atoms with E-state index in [0.717, 1.165) is 6.42 Å². The summed E-state index contributed by atoms with van der Waals surface area (Å²) in [4.78, 5) is 93.9. The molecule has 0 aromatic carbocycles. The van der Waals surface area contributed by atoms with Crippen LogP contribution in [0.2, 0.25) is 0 Å². The molecule has 0 unspecified atom stereocenters. The SMILES string of the molecule is CCCCCC(=O)NC[C@H]1O[C@@H](O[C@@H]2[C@@H](O)[C@H](NC(=O)OC(C)(C)C)C[C@H](NC(=O)OC(C)(C)C)[C@H]2O[C@H]2O[C@H](CNC(=O)OC(C)(C)C)[C@@H](O)[C@H](O)[C@H]2NC(=O)OC(C)(C)C)[C@H](O)[C@@H]1O[C@H]1O[C@@H](CNC(=O)OC(C)(C)C)[C@@H](O)[C@H](O)[C@H]1NC(=O)OC(C)(C)C. The van der Waals surface area contributed by atoms with Crippen LogP contribution in [0.5, 0.6) is 0 Å². The minimum Gasteiger partial charge on any atom is -0.444 e. The standard InChI is InChI=1S/C59H105N7O25/c1-20-21-22-23-33(67)60-27-32-43(84-46-35(66-53(79)91-59(17,18)19)40(72)38(70)31(81-46)26-62-49(75)87-55(5,6)7)41(73)47(82-32)85-44-36(68)28(63-50(76)88-56(8,9)10)24-29(64-51(77)89-57(11,12)13)42(44)83-45-34(65-52(78)90-58(14,15)16)39(71)37(69)30(80-45)25-61-48(74)86-54(2,3)4/h28-32,34-47,68-73H,20-27H2,1-19H3,(H,60,67)(H,61,74)(H,62,75)(H,63,76)(H,64,77)(H,65,78)(H,66,79)/t28-,29+,30-,31+,32-,34-,35-,36+,37-,38-,39-,40-,41-,42-,43-,44-,45-,46-,47+/m1/s1. The Morgan fingerprint density at radius 2 is 0.714 bits per heavy atom. The first-order valence-corrected chi connectivity index (χ1v) is 30.8. The molecule has 0 aromatic rings. The van der Waals surface area contributed by atoms with Crippen molar-refractivity contribution in [3.63, 3.8) is 0 Å². The maximum absolute atomic E-state index is 14.0. The smallest absolute Gasteiger partial charge is 0.408 e. The van der Waals surface area contributed by atoms with Gasteiger partial charge in [0.05, 0.1) is 12.1 Å². The third-order valence-electron chi connectivity index (χ3n) is 13.5. The number of nitrogens with one attached hydrogen (secondary N) is 7. The molecule has 3 saturated heterocycles. The van der Waals surface area contributed by atoms with Gasteiger partial charge in [0.2, 0.25) is 5.91 Å². The molecular formula is C59H105N7O25. The molecule has 1 saturated carbocycles. The first-order chi connectivity index (χ1) is 41.6. The lowest BCUT2D eigenvalue weighted by Gasteiger charge is -2.49. The Bertz CT molecular complexity index is 2400. The van der Waals surface area contributed by atoms with Gasteiger partial charge in [-0.3, -0.25) is 4.79 Å². The van der Waals surface area contributed by atoms with E-state index >= 15 is 0 Å². The minimum atomic E-state index is -2.06. The number of alkyl carbamates (subject to hydrolysis) is 6. The van der Waals surface area contributed by atoms with E-state index in [4.69, 9.17) is 56.8 Å². The van der Waals surface area contributed by atoms with Crippen molar-refractivity contribution in [2.24, 2.45) is 0 Å². The molecular weight excluding hydrogens is 1210 g/mol. The highest BCUT2D eigenvalue weighted by Crippen LogP contribution is 2.37. The Labute approximate surface area is 532 Å². The van der Waals surface area contributed by atoms with Gasteiger partial charge in [0, 0.05) is 26.1 Å². The highest BCUT2D eigenvalue weighted by molar-refractivity contribution is 5.76. The fourth-order valence-electron chi connectivity index (χ4n) is 9.81. The normalized spacial score (nSPS) is 31.6. The van der Waals surface area contributed by atoms with Gasteiger partial charge in [0.25, 0.3) is 0 Å². The summed E-state index contributed by atoms with van der Waals surface area (Å²) in [6.07, 6.45) is -32.2. The van der Waals surface area contributed by atoms with Crippen LogP contribution in [0.4, 0.5) is 28.8 Å². The molecule has 32 nitrogen and oxygen atoms in total. The van der Waals surface area contributed by atoms with E-state index in [1.165, 1.54) is 0 Å². The van der Waals surface area contributed by atoms with Gasteiger partial charge in [-0.05, 0) is 137 Å². The molecule has 19 atom stereocenters. The second-order valence-corrected chi connectivity index (χ2v) is 29.0. The number of hydrogen-bond acceptors (Lipinski definition) is 25. The van der Waals surface area contributed by atoms with Gasteiger partial charge in [-0.15, -0.1) is 0 Å². The summed E-state index contributed by atoms with van der Waals surface area (Å²) in [5, 5.41) is 90.0. The maximum Gasteiger partial charge on any atom is 0.408 e. The van der Waals surface area contributed by atoms with Crippen LogP contribution < -0.4 is 37.2 Å². The minimum absolute atomic E-state index is 0.0701. The van der Waals surface area contributed by atoms with Crippen LogP contribution in [0.1, 0.15) is 164 Å². The Morgan fingerprint density at radius 1 is 0.374 bits per heavy atom. The van der Waals surface area contributed by atoms with Crippen LogP contribution in [-0.4, -0.2) is 243 Å². The summed E-state index contributed by atoms with van der Waals surface area (Å²) < 4.78 is 71.7. The number of carbonyl (C=O) groups excluding carboxylic acids is 7. The molecule has 526 valence electrons. The molecule has 0 aromatic heterocycles. The number of aliphatic hydroxyl groups excluding tert-OH is 6. The molecule has 3 aliphatic heterocycles. The van der Waals surface area contributed by atoms with Crippen molar-refractivity contribution < 1.29 is 121 Å². The van der Waals surface area contributed by atoms with Crippen LogP contribution in [-0.2, 0) is 61.6 Å². The van der Waals surface area contributed by atoms with Crippen molar-refractivity contribution in [2.45, 2.75) is 314 Å². The summed E-state index contributed by atoms with van der Waals surface area (Å²) in [6.45, 7) is 29.0. The summed E-state index contributed by atoms with van der Waals surface area (Å²) in [6, 6.07) is -6.45. The van der Waals surface area contributed by atoms with Gasteiger partial charge < -0.3 is 125 Å². The fraction of sp³-hybridized carbons (Fsp3) is 0.881.